The Morgan fingerprint density at radius 3 is 1.91 bits per heavy atom. The molecule has 0 radical (unpaired) electrons. The number of Topliss-reactive ketones (excluding diaryl/α,β-unsaturated/α-hetero) is 1. The highest BCUT2D eigenvalue weighted by atomic mass is 16.1. The van der Waals surface area contributed by atoms with Gasteiger partial charge in [-0.05, 0) is 44.9 Å². The minimum atomic E-state index is -0.443. The first-order valence-corrected chi connectivity index (χ1v) is 7.61. The van der Waals surface area contributed by atoms with Gasteiger partial charge in [0.2, 0.25) is 5.91 Å². The third kappa shape index (κ3) is 5.60. The van der Waals surface area contributed by atoms with E-state index in [-0.39, 0.29) is 17.4 Å². The van der Waals surface area contributed by atoms with Gasteiger partial charge in [-0.3, -0.25) is 9.59 Å². The summed E-state index contributed by atoms with van der Waals surface area (Å²) in [4.78, 5) is 23.8. The lowest BCUT2D eigenvalue weighted by Crippen LogP contribution is -2.51. The Labute approximate surface area is 133 Å². The van der Waals surface area contributed by atoms with Gasteiger partial charge >= 0.3 is 0 Å². The highest BCUT2D eigenvalue weighted by Crippen LogP contribution is 2.21. The van der Waals surface area contributed by atoms with E-state index in [1.54, 1.807) is 12.1 Å². The van der Waals surface area contributed by atoms with Gasteiger partial charge in [0.05, 0.1) is 6.04 Å². The van der Waals surface area contributed by atoms with Gasteiger partial charge in [-0.15, -0.1) is 0 Å². The van der Waals surface area contributed by atoms with Crippen LogP contribution < -0.4 is 11.1 Å². The van der Waals surface area contributed by atoms with Gasteiger partial charge in [0.1, 0.15) is 0 Å². The average Bonchev–Trinajstić information content (AvgIpc) is 2.35. The fraction of sp³-hybridized carbons (Fsp3) is 0.556. The van der Waals surface area contributed by atoms with E-state index in [1.807, 2.05) is 53.7 Å². The lowest BCUT2D eigenvalue weighted by Gasteiger charge is -2.32. The molecule has 0 aliphatic carbocycles. The Morgan fingerprint density at radius 1 is 1.05 bits per heavy atom. The van der Waals surface area contributed by atoms with Crippen LogP contribution in [0.5, 0.6) is 0 Å². The largest absolute Gasteiger partial charge is 0.366 e. The highest BCUT2D eigenvalue weighted by Gasteiger charge is 2.31. The van der Waals surface area contributed by atoms with Gasteiger partial charge in [-0.2, -0.15) is 0 Å². The van der Waals surface area contributed by atoms with Crippen LogP contribution in [0.1, 0.15) is 57.5 Å². The summed E-state index contributed by atoms with van der Waals surface area (Å²) in [5, 5.41) is 3.41. The number of ketones is 1. The molecule has 1 amide bonds. The van der Waals surface area contributed by atoms with Gasteiger partial charge in [0.25, 0.3) is 0 Å². The quantitative estimate of drug-likeness (QED) is 0.878. The molecular formula is C18H28N2O2. The van der Waals surface area contributed by atoms with Crippen LogP contribution in [-0.2, 0) is 11.2 Å². The van der Waals surface area contributed by atoms with Gasteiger partial charge in [-0.25, -0.2) is 0 Å². The minimum Gasteiger partial charge on any atom is -0.366 e. The van der Waals surface area contributed by atoms with Crippen molar-refractivity contribution in [2.24, 2.45) is 11.1 Å². The molecule has 4 heteroatoms. The van der Waals surface area contributed by atoms with Crippen LogP contribution in [0.15, 0.2) is 24.3 Å². The molecule has 1 unspecified atom stereocenters. The predicted molar refractivity (Wildman–Crippen MR) is 89.8 cm³/mol. The summed E-state index contributed by atoms with van der Waals surface area (Å²) in [5.41, 5.74) is 6.17. The van der Waals surface area contributed by atoms with Crippen molar-refractivity contribution in [3.8, 4) is 0 Å². The maximum atomic E-state index is 12.7. The maximum Gasteiger partial charge on any atom is 0.248 e. The first-order chi connectivity index (χ1) is 9.90. The second-order valence-electron chi connectivity index (χ2n) is 7.83. The minimum absolute atomic E-state index is 0.154. The van der Waals surface area contributed by atoms with Crippen LogP contribution in [0.2, 0.25) is 0 Å². The van der Waals surface area contributed by atoms with Crippen LogP contribution in [-0.4, -0.2) is 23.3 Å². The molecule has 1 aromatic carbocycles. The standard InChI is InChI=1S/C18H28N2O2/c1-17(2,3)15(21)14(20-18(4,5)6)11-12-7-9-13(10-8-12)16(19)22/h7-10,14,20H,11H2,1-6H3,(H2,19,22). The number of nitrogens with two attached hydrogens (primary N) is 1. The van der Waals surface area contributed by atoms with E-state index < -0.39 is 11.3 Å². The van der Waals surface area contributed by atoms with Crippen molar-refractivity contribution in [3.63, 3.8) is 0 Å². The van der Waals surface area contributed by atoms with E-state index in [0.717, 1.165) is 5.56 Å². The Bertz CT molecular complexity index is 534. The summed E-state index contributed by atoms with van der Waals surface area (Å²) in [5.74, 6) is -0.261. The van der Waals surface area contributed by atoms with E-state index in [9.17, 15) is 9.59 Å². The normalized spacial score (nSPS) is 13.7. The molecule has 0 bridgehead atoms. The lowest BCUT2D eigenvalue weighted by atomic mass is 9.83. The molecule has 0 aromatic heterocycles. The van der Waals surface area contributed by atoms with Gasteiger partial charge in [-0.1, -0.05) is 32.9 Å². The molecule has 0 heterocycles. The third-order valence-corrected chi connectivity index (χ3v) is 3.34. The molecule has 0 aliphatic rings. The molecule has 1 atom stereocenters. The van der Waals surface area contributed by atoms with Crippen molar-refractivity contribution >= 4 is 11.7 Å². The Hall–Kier alpha value is -1.68. The lowest BCUT2D eigenvalue weighted by molar-refractivity contribution is -0.128. The number of hydrogen-bond donors (Lipinski definition) is 2. The maximum absolute atomic E-state index is 12.7. The molecule has 0 spiro atoms. The fourth-order valence-corrected chi connectivity index (χ4v) is 2.30. The number of hydrogen-bond acceptors (Lipinski definition) is 3. The molecule has 0 saturated carbocycles. The van der Waals surface area contributed by atoms with Crippen molar-refractivity contribution in [3.05, 3.63) is 35.4 Å². The molecule has 0 saturated heterocycles. The van der Waals surface area contributed by atoms with Crippen LogP contribution >= 0.6 is 0 Å². The molecule has 122 valence electrons. The number of rotatable bonds is 5. The van der Waals surface area contributed by atoms with E-state index in [2.05, 4.69) is 5.32 Å². The average molecular weight is 304 g/mol. The number of amides is 1. The van der Waals surface area contributed by atoms with Gasteiger partial charge < -0.3 is 11.1 Å². The van der Waals surface area contributed by atoms with Crippen molar-refractivity contribution in [2.75, 3.05) is 0 Å². The van der Waals surface area contributed by atoms with Crippen molar-refractivity contribution < 1.29 is 9.59 Å². The van der Waals surface area contributed by atoms with E-state index in [4.69, 9.17) is 5.73 Å². The number of primary amides is 1. The summed E-state index contributed by atoms with van der Waals surface area (Å²) in [6.45, 7) is 11.9. The monoisotopic (exact) mass is 304 g/mol. The number of benzene rings is 1. The van der Waals surface area contributed by atoms with Gasteiger partial charge in [0.15, 0.2) is 5.78 Å². The first-order valence-electron chi connectivity index (χ1n) is 7.61. The zero-order valence-electron chi connectivity index (χ0n) is 14.5. The molecular weight excluding hydrogens is 276 g/mol. The van der Waals surface area contributed by atoms with Crippen molar-refractivity contribution in [1.82, 2.24) is 5.32 Å². The van der Waals surface area contributed by atoms with Crippen LogP contribution in [0.25, 0.3) is 0 Å². The van der Waals surface area contributed by atoms with Crippen LogP contribution in [0, 0.1) is 5.41 Å². The zero-order chi connectivity index (χ0) is 17.1. The Kier molecular flexibility index (Phi) is 5.52. The zero-order valence-corrected chi connectivity index (χ0v) is 14.5. The van der Waals surface area contributed by atoms with Crippen molar-refractivity contribution in [2.45, 2.75) is 59.5 Å². The Balaban J connectivity index is 2.97. The SMILES string of the molecule is CC(C)(C)NC(Cc1ccc(C(N)=O)cc1)C(=O)C(C)(C)C. The second kappa shape index (κ2) is 6.61. The molecule has 4 nitrogen and oxygen atoms in total. The fourth-order valence-electron chi connectivity index (χ4n) is 2.30. The number of carbonyl (C=O) groups is 2. The summed E-state index contributed by atoms with van der Waals surface area (Å²) >= 11 is 0. The van der Waals surface area contributed by atoms with Gasteiger partial charge in [0, 0.05) is 16.5 Å². The van der Waals surface area contributed by atoms with Crippen LogP contribution in [0.4, 0.5) is 0 Å². The molecule has 22 heavy (non-hydrogen) atoms. The van der Waals surface area contributed by atoms with E-state index in [1.165, 1.54) is 0 Å². The molecule has 0 fully saturated rings. The summed E-state index contributed by atoms with van der Waals surface area (Å²) in [7, 11) is 0. The molecule has 1 rings (SSSR count). The van der Waals surface area contributed by atoms with Crippen molar-refractivity contribution in [1.29, 1.82) is 0 Å². The Morgan fingerprint density at radius 2 is 1.55 bits per heavy atom. The summed E-state index contributed by atoms with van der Waals surface area (Å²) in [6.07, 6.45) is 0.590. The molecule has 1 aromatic rings. The van der Waals surface area contributed by atoms with E-state index in [0.29, 0.717) is 12.0 Å². The van der Waals surface area contributed by atoms with E-state index >= 15 is 0 Å². The predicted octanol–water partition coefficient (Wildman–Crippen LogP) is 2.70. The molecule has 0 aliphatic heterocycles. The summed E-state index contributed by atoms with van der Waals surface area (Å²) in [6, 6.07) is 6.85. The third-order valence-electron chi connectivity index (χ3n) is 3.34. The smallest absolute Gasteiger partial charge is 0.248 e. The number of nitrogens with one attached hydrogen (secondary N) is 1. The highest BCUT2D eigenvalue weighted by molar-refractivity contribution is 5.92. The topological polar surface area (TPSA) is 72.2 Å². The van der Waals surface area contributed by atoms with Crippen LogP contribution in [0.3, 0.4) is 0 Å². The number of carbonyl (C=O) groups excluding carboxylic acids is 2. The first kappa shape index (κ1) is 18.4. The summed E-state index contributed by atoms with van der Waals surface area (Å²) < 4.78 is 0. The molecule has 3 N–H and O–H groups in total. The second-order valence-corrected chi connectivity index (χ2v) is 7.83.